The first-order valence-corrected chi connectivity index (χ1v) is 6.84. The molecule has 2 heterocycles. The number of thioether (sulfide) groups is 1. The number of halogens is 1. The molecule has 0 spiro atoms. The van der Waals surface area contributed by atoms with Gasteiger partial charge < -0.3 is 4.98 Å². The topological polar surface area (TPSA) is 41.6 Å². The summed E-state index contributed by atoms with van der Waals surface area (Å²) in [6.07, 6.45) is 3.46. The third-order valence-electron chi connectivity index (χ3n) is 2.58. The predicted molar refractivity (Wildman–Crippen MR) is 74.9 cm³/mol. The molecule has 0 unspecified atom stereocenters. The van der Waals surface area contributed by atoms with Gasteiger partial charge in [0.25, 0.3) is 0 Å². The lowest BCUT2D eigenvalue weighted by Gasteiger charge is -2.02. The standard InChI is InChI=1S/C13H10ClN3S/c14-10-3-1-2-9(6-10)7-18-13-11-4-5-15-12(11)16-8-17-13/h1-6,8H,7H2,(H,15,16,17). The Morgan fingerprint density at radius 2 is 2.17 bits per heavy atom. The van der Waals surface area contributed by atoms with Gasteiger partial charge in [-0.25, -0.2) is 9.97 Å². The SMILES string of the molecule is Clc1cccc(CSc2ncnc3[nH]ccc23)c1. The number of aromatic amines is 1. The maximum atomic E-state index is 5.96. The molecule has 0 atom stereocenters. The van der Waals surface area contributed by atoms with Crippen molar-refractivity contribution in [3.05, 3.63) is 53.4 Å². The first-order chi connectivity index (χ1) is 8.83. The fraction of sp³-hybridized carbons (Fsp3) is 0.0769. The summed E-state index contributed by atoms with van der Waals surface area (Å²) in [6, 6.07) is 9.88. The molecule has 3 aromatic rings. The van der Waals surface area contributed by atoms with E-state index in [1.807, 2.05) is 30.5 Å². The van der Waals surface area contributed by atoms with Gasteiger partial charge in [0.05, 0.1) is 5.39 Å². The van der Waals surface area contributed by atoms with Crippen LogP contribution in [0.4, 0.5) is 0 Å². The number of hydrogen-bond acceptors (Lipinski definition) is 3. The minimum Gasteiger partial charge on any atom is -0.346 e. The van der Waals surface area contributed by atoms with Crippen molar-refractivity contribution in [1.82, 2.24) is 15.0 Å². The van der Waals surface area contributed by atoms with Crippen LogP contribution in [-0.2, 0) is 5.75 Å². The summed E-state index contributed by atoms with van der Waals surface area (Å²) in [5, 5.41) is 2.81. The van der Waals surface area contributed by atoms with E-state index in [9.17, 15) is 0 Å². The van der Waals surface area contributed by atoms with E-state index >= 15 is 0 Å². The van der Waals surface area contributed by atoms with Crippen LogP contribution in [0, 0.1) is 0 Å². The molecule has 1 aromatic carbocycles. The zero-order valence-electron chi connectivity index (χ0n) is 9.43. The van der Waals surface area contributed by atoms with E-state index in [0.717, 1.165) is 26.8 Å². The summed E-state index contributed by atoms with van der Waals surface area (Å²) in [6.45, 7) is 0. The van der Waals surface area contributed by atoms with Crippen molar-refractivity contribution >= 4 is 34.4 Å². The molecule has 90 valence electrons. The molecule has 0 saturated heterocycles. The number of fused-ring (bicyclic) bond motifs is 1. The van der Waals surface area contributed by atoms with Gasteiger partial charge in [0, 0.05) is 17.0 Å². The number of rotatable bonds is 3. The van der Waals surface area contributed by atoms with Crippen LogP contribution < -0.4 is 0 Å². The van der Waals surface area contributed by atoms with Gasteiger partial charge in [-0.2, -0.15) is 0 Å². The predicted octanol–water partition coefficient (Wildman–Crippen LogP) is 3.90. The normalized spacial score (nSPS) is 10.9. The van der Waals surface area contributed by atoms with Crippen LogP contribution in [0.2, 0.25) is 5.02 Å². The van der Waals surface area contributed by atoms with E-state index in [1.165, 1.54) is 5.56 Å². The molecule has 0 saturated carbocycles. The monoisotopic (exact) mass is 275 g/mol. The average molecular weight is 276 g/mol. The summed E-state index contributed by atoms with van der Waals surface area (Å²) < 4.78 is 0. The van der Waals surface area contributed by atoms with Crippen LogP contribution in [-0.4, -0.2) is 15.0 Å². The molecule has 0 fully saturated rings. The average Bonchev–Trinajstić information content (AvgIpc) is 2.85. The lowest BCUT2D eigenvalue weighted by molar-refractivity contribution is 1.09. The van der Waals surface area contributed by atoms with Crippen LogP contribution in [0.15, 0.2) is 47.9 Å². The molecule has 0 aliphatic heterocycles. The van der Waals surface area contributed by atoms with E-state index in [-0.39, 0.29) is 0 Å². The van der Waals surface area contributed by atoms with Gasteiger partial charge in [-0.1, -0.05) is 23.7 Å². The smallest absolute Gasteiger partial charge is 0.141 e. The minimum absolute atomic E-state index is 0.766. The van der Waals surface area contributed by atoms with Crippen LogP contribution in [0.25, 0.3) is 11.0 Å². The third kappa shape index (κ3) is 2.35. The molecule has 0 aliphatic rings. The van der Waals surface area contributed by atoms with E-state index in [1.54, 1.807) is 18.1 Å². The minimum atomic E-state index is 0.766. The van der Waals surface area contributed by atoms with Gasteiger partial charge in [-0.05, 0) is 23.8 Å². The molecular weight excluding hydrogens is 266 g/mol. The van der Waals surface area contributed by atoms with Crippen LogP contribution in [0.5, 0.6) is 0 Å². The number of nitrogens with zero attached hydrogens (tertiary/aromatic N) is 2. The van der Waals surface area contributed by atoms with Crippen molar-refractivity contribution in [2.75, 3.05) is 0 Å². The summed E-state index contributed by atoms with van der Waals surface area (Å²) in [7, 11) is 0. The molecule has 3 rings (SSSR count). The Labute approximate surface area is 114 Å². The Bertz CT molecular complexity index is 681. The Balaban J connectivity index is 1.83. The van der Waals surface area contributed by atoms with Crippen molar-refractivity contribution in [2.24, 2.45) is 0 Å². The van der Waals surface area contributed by atoms with Gasteiger partial charge in [0.15, 0.2) is 0 Å². The summed E-state index contributed by atoms with van der Waals surface area (Å²) in [5.74, 6) is 0.845. The molecule has 0 bridgehead atoms. The van der Waals surface area contributed by atoms with E-state index in [0.29, 0.717) is 0 Å². The number of H-pyrrole nitrogens is 1. The molecule has 5 heteroatoms. The summed E-state index contributed by atoms with van der Waals surface area (Å²) in [4.78, 5) is 11.6. The van der Waals surface area contributed by atoms with Crippen molar-refractivity contribution in [3.8, 4) is 0 Å². The Morgan fingerprint density at radius 3 is 3.06 bits per heavy atom. The maximum Gasteiger partial charge on any atom is 0.141 e. The molecule has 18 heavy (non-hydrogen) atoms. The number of nitrogens with one attached hydrogen (secondary N) is 1. The fourth-order valence-electron chi connectivity index (χ4n) is 1.74. The zero-order chi connectivity index (χ0) is 12.4. The first kappa shape index (κ1) is 11.6. The Kier molecular flexibility index (Phi) is 3.21. The van der Waals surface area contributed by atoms with Gasteiger partial charge >= 0.3 is 0 Å². The van der Waals surface area contributed by atoms with Crippen LogP contribution in [0.3, 0.4) is 0 Å². The molecular formula is C13H10ClN3S. The van der Waals surface area contributed by atoms with Crippen molar-refractivity contribution in [3.63, 3.8) is 0 Å². The lowest BCUT2D eigenvalue weighted by Crippen LogP contribution is -1.86. The number of aromatic nitrogens is 3. The third-order valence-corrected chi connectivity index (χ3v) is 3.89. The fourth-order valence-corrected chi connectivity index (χ4v) is 2.88. The highest BCUT2D eigenvalue weighted by Crippen LogP contribution is 2.27. The largest absolute Gasteiger partial charge is 0.346 e. The van der Waals surface area contributed by atoms with Crippen molar-refractivity contribution in [2.45, 2.75) is 10.8 Å². The number of benzene rings is 1. The highest BCUT2D eigenvalue weighted by molar-refractivity contribution is 7.98. The Morgan fingerprint density at radius 1 is 1.22 bits per heavy atom. The van der Waals surface area contributed by atoms with Gasteiger partial charge in [-0.3, -0.25) is 0 Å². The lowest BCUT2D eigenvalue weighted by atomic mass is 10.2. The van der Waals surface area contributed by atoms with Crippen molar-refractivity contribution < 1.29 is 0 Å². The van der Waals surface area contributed by atoms with Crippen LogP contribution >= 0.6 is 23.4 Å². The molecule has 1 N–H and O–H groups in total. The highest BCUT2D eigenvalue weighted by Gasteiger charge is 2.05. The highest BCUT2D eigenvalue weighted by atomic mass is 35.5. The molecule has 0 amide bonds. The van der Waals surface area contributed by atoms with Gasteiger partial charge in [0.2, 0.25) is 0 Å². The van der Waals surface area contributed by atoms with Crippen LogP contribution in [0.1, 0.15) is 5.56 Å². The zero-order valence-corrected chi connectivity index (χ0v) is 11.0. The van der Waals surface area contributed by atoms with E-state index < -0.39 is 0 Å². The molecule has 2 aromatic heterocycles. The molecule has 3 nitrogen and oxygen atoms in total. The molecule has 0 radical (unpaired) electrons. The quantitative estimate of drug-likeness (QED) is 0.582. The second-order valence-corrected chi connectivity index (χ2v) is 5.24. The van der Waals surface area contributed by atoms with E-state index in [4.69, 9.17) is 11.6 Å². The van der Waals surface area contributed by atoms with E-state index in [2.05, 4.69) is 21.0 Å². The van der Waals surface area contributed by atoms with Crippen molar-refractivity contribution in [1.29, 1.82) is 0 Å². The summed E-state index contributed by atoms with van der Waals surface area (Å²) >= 11 is 7.65. The first-order valence-electron chi connectivity index (χ1n) is 5.48. The molecule has 0 aliphatic carbocycles. The Hall–Kier alpha value is -1.52. The second kappa shape index (κ2) is 5.00. The maximum absolute atomic E-state index is 5.96. The second-order valence-electron chi connectivity index (χ2n) is 3.84. The number of hydrogen-bond donors (Lipinski definition) is 1. The summed E-state index contributed by atoms with van der Waals surface area (Å²) in [5.41, 5.74) is 2.06. The van der Waals surface area contributed by atoms with Gasteiger partial charge in [0.1, 0.15) is 17.0 Å². The van der Waals surface area contributed by atoms with Gasteiger partial charge in [-0.15, -0.1) is 11.8 Å².